The number of nitrogens with zero attached hydrogens (tertiary/aromatic N) is 2. The number of benzene rings is 2. The van der Waals surface area contributed by atoms with Gasteiger partial charge >= 0.3 is 6.18 Å². The van der Waals surface area contributed by atoms with Crippen molar-refractivity contribution in [3.63, 3.8) is 0 Å². The number of carbonyl (C=O) groups excluding carboxylic acids is 1. The molecule has 0 aliphatic carbocycles. The molecule has 146 valence electrons. The second-order valence-corrected chi connectivity index (χ2v) is 6.04. The van der Waals surface area contributed by atoms with E-state index in [9.17, 15) is 18.0 Å². The van der Waals surface area contributed by atoms with E-state index in [0.29, 0.717) is 24.3 Å². The Morgan fingerprint density at radius 1 is 1.11 bits per heavy atom. The lowest BCUT2D eigenvalue weighted by molar-refractivity contribution is -0.155. The zero-order chi connectivity index (χ0) is 20.1. The molecule has 0 saturated heterocycles. The van der Waals surface area contributed by atoms with Crippen LogP contribution in [0.25, 0.3) is 11.3 Å². The Morgan fingerprint density at radius 3 is 2.39 bits per heavy atom. The first-order valence-corrected chi connectivity index (χ1v) is 8.42. The molecule has 0 N–H and O–H groups in total. The normalized spacial score (nSPS) is 11.3. The van der Waals surface area contributed by atoms with Gasteiger partial charge in [0.15, 0.2) is 0 Å². The zero-order valence-electron chi connectivity index (χ0n) is 14.9. The molecule has 8 heteroatoms. The molecule has 1 aromatic heterocycles. The van der Waals surface area contributed by atoms with Crippen LogP contribution in [-0.4, -0.2) is 36.2 Å². The molecule has 0 radical (unpaired) electrons. The lowest BCUT2D eigenvalue weighted by Gasteiger charge is -2.17. The fourth-order valence-corrected chi connectivity index (χ4v) is 2.47. The van der Waals surface area contributed by atoms with Crippen LogP contribution in [0.2, 0.25) is 0 Å². The predicted octanol–water partition coefficient (Wildman–Crippen LogP) is 4.51. The Balaban J connectivity index is 1.59. The van der Waals surface area contributed by atoms with Gasteiger partial charge in [-0.05, 0) is 24.3 Å². The molecule has 0 fully saturated rings. The number of halogens is 3. The third-order valence-corrected chi connectivity index (χ3v) is 4.00. The van der Waals surface area contributed by atoms with Crippen molar-refractivity contribution in [1.82, 2.24) is 10.1 Å². The van der Waals surface area contributed by atoms with Gasteiger partial charge in [-0.1, -0.05) is 35.5 Å². The van der Waals surface area contributed by atoms with E-state index in [0.717, 1.165) is 11.8 Å². The molecule has 3 aromatic rings. The molecule has 1 heterocycles. The van der Waals surface area contributed by atoms with E-state index in [1.54, 1.807) is 7.05 Å². The zero-order valence-corrected chi connectivity index (χ0v) is 14.9. The average Bonchev–Trinajstić information content (AvgIpc) is 3.19. The van der Waals surface area contributed by atoms with E-state index in [1.165, 1.54) is 29.2 Å². The molecule has 2 aromatic carbocycles. The predicted molar refractivity (Wildman–Crippen MR) is 95.8 cm³/mol. The Hall–Kier alpha value is -3.29. The fraction of sp³-hybridized carbons (Fsp3) is 0.200. The fourth-order valence-electron chi connectivity index (χ4n) is 2.47. The summed E-state index contributed by atoms with van der Waals surface area (Å²) >= 11 is 0. The number of likely N-dealkylation sites (N-methyl/N-ethyl adjacent to an activating group) is 1. The second-order valence-electron chi connectivity index (χ2n) is 6.04. The Kier molecular flexibility index (Phi) is 5.67. The molecule has 0 spiro atoms. The van der Waals surface area contributed by atoms with Crippen molar-refractivity contribution in [2.24, 2.45) is 0 Å². The van der Waals surface area contributed by atoms with Crippen LogP contribution in [0, 0.1) is 0 Å². The molecule has 0 aliphatic rings. The lowest BCUT2D eigenvalue weighted by Crippen LogP contribution is -2.30. The Bertz CT molecular complexity index is 922. The van der Waals surface area contributed by atoms with Gasteiger partial charge in [0.1, 0.15) is 18.1 Å². The van der Waals surface area contributed by atoms with Crippen molar-refractivity contribution in [3.05, 3.63) is 72.0 Å². The summed E-state index contributed by atoms with van der Waals surface area (Å²) in [7, 11) is 1.65. The lowest BCUT2D eigenvalue weighted by atomic mass is 10.1. The van der Waals surface area contributed by atoms with Crippen LogP contribution < -0.4 is 4.74 Å². The number of carbonyl (C=O) groups is 1. The summed E-state index contributed by atoms with van der Waals surface area (Å²) in [4.78, 5) is 14.0. The van der Waals surface area contributed by atoms with Gasteiger partial charge in [-0.3, -0.25) is 4.79 Å². The highest BCUT2D eigenvalue weighted by molar-refractivity contribution is 5.94. The van der Waals surface area contributed by atoms with Gasteiger partial charge in [-0.15, -0.1) is 0 Å². The number of aromatic nitrogens is 1. The smallest absolute Gasteiger partial charge is 0.452 e. The summed E-state index contributed by atoms with van der Waals surface area (Å²) in [6.45, 7) is 0.719. The number of alkyl halides is 3. The van der Waals surface area contributed by atoms with E-state index >= 15 is 0 Å². The molecule has 5 nitrogen and oxygen atoms in total. The van der Waals surface area contributed by atoms with Gasteiger partial charge in [0.05, 0.1) is 6.54 Å². The van der Waals surface area contributed by atoms with Crippen LogP contribution in [0.5, 0.6) is 5.75 Å². The van der Waals surface area contributed by atoms with Gasteiger partial charge < -0.3 is 14.2 Å². The summed E-state index contributed by atoms with van der Waals surface area (Å²) in [5.74, 6) is -0.668. The van der Waals surface area contributed by atoms with Crippen LogP contribution in [0.4, 0.5) is 13.2 Å². The number of para-hydroxylation sites is 1. The quantitative estimate of drug-likeness (QED) is 0.621. The van der Waals surface area contributed by atoms with E-state index in [4.69, 9.17) is 4.74 Å². The van der Waals surface area contributed by atoms with E-state index in [2.05, 4.69) is 9.68 Å². The number of hydrogen-bond donors (Lipinski definition) is 0. The Labute approximate surface area is 159 Å². The summed E-state index contributed by atoms with van der Waals surface area (Å²) in [6, 6.07) is 16.2. The van der Waals surface area contributed by atoms with Gasteiger partial charge in [0.2, 0.25) is 5.76 Å². The highest BCUT2D eigenvalue weighted by Gasteiger charge is 2.36. The maximum atomic E-state index is 12.6. The first kappa shape index (κ1) is 19.5. The highest BCUT2D eigenvalue weighted by Crippen LogP contribution is 2.32. The SMILES string of the molecule is CN(CCOc1ccccc1)C(=O)c1ccc(-c2cc(C(F)(F)F)on2)cc1. The number of hydrogen-bond acceptors (Lipinski definition) is 4. The molecule has 0 aliphatic heterocycles. The highest BCUT2D eigenvalue weighted by atomic mass is 19.4. The van der Waals surface area contributed by atoms with Gasteiger partial charge in [-0.2, -0.15) is 13.2 Å². The van der Waals surface area contributed by atoms with E-state index < -0.39 is 11.9 Å². The monoisotopic (exact) mass is 390 g/mol. The molecule has 1 amide bonds. The third-order valence-electron chi connectivity index (χ3n) is 4.00. The minimum Gasteiger partial charge on any atom is -0.492 e. The maximum Gasteiger partial charge on any atom is 0.452 e. The summed E-state index contributed by atoms with van der Waals surface area (Å²) in [6.07, 6.45) is -4.59. The van der Waals surface area contributed by atoms with Gasteiger partial charge in [-0.25, -0.2) is 0 Å². The molecular formula is C20H17F3N2O3. The standard InChI is InChI=1S/C20H17F3N2O3/c1-25(11-12-27-16-5-3-2-4-6-16)19(26)15-9-7-14(8-10-15)17-13-18(28-24-17)20(21,22)23/h2-10,13H,11-12H2,1H3. The van der Waals surface area contributed by atoms with Crippen molar-refractivity contribution in [1.29, 1.82) is 0 Å². The van der Waals surface area contributed by atoms with E-state index in [-0.39, 0.29) is 11.6 Å². The van der Waals surface area contributed by atoms with Crippen molar-refractivity contribution >= 4 is 5.91 Å². The number of rotatable bonds is 6. The van der Waals surface area contributed by atoms with Crippen molar-refractivity contribution in [2.75, 3.05) is 20.2 Å². The van der Waals surface area contributed by atoms with Crippen LogP contribution in [0.1, 0.15) is 16.1 Å². The topological polar surface area (TPSA) is 55.6 Å². The first-order valence-electron chi connectivity index (χ1n) is 8.42. The van der Waals surface area contributed by atoms with Crippen LogP contribution in [0.15, 0.2) is 65.2 Å². The minimum atomic E-state index is -4.59. The van der Waals surface area contributed by atoms with Gasteiger partial charge in [0.25, 0.3) is 5.91 Å². The first-order chi connectivity index (χ1) is 13.3. The number of amides is 1. The number of ether oxygens (including phenoxy) is 1. The molecule has 0 bridgehead atoms. The summed E-state index contributed by atoms with van der Waals surface area (Å²) in [5.41, 5.74) is 0.882. The average molecular weight is 390 g/mol. The summed E-state index contributed by atoms with van der Waals surface area (Å²) in [5, 5.41) is 3.42. The molecule has 28 heavy (non-hydrogen) atoms. The third kappa shape index (κ3) is 4.70. The van der Waals surface area contributed by atoms with Crippen molar-refractivity contribution in [2.45, 2.75) is 6.18 Å². The molecule has 3 rings (SSSR count). The van der Waals surface area contributed by atoms with Crippen LogP contribution >= 0.6 is 0 Å². The summed E-state index contributed by atoms with van der Waals surface area (Å²) < 4.78 is 47.7. The molecular weight excluding hydrogens is 373 g/mol. The largest absolute Gasteiger partial charge is 0.492 e. The van der Waals surface area contributed by atoms with Gasteiger partial charge in [0, 0.05) is 24.2 Å². The minimum absolute atomic E-state index is 0.0518. The second kappa shape index (κ2) is 8.16. The van der Waals surface area contributed by atoms with Crippen LogP contribution in [-0.2, 0) is 6.18 Å². The molecule has 0 saturated carbocycles. The molecule has 0 unspecified atom stereocenters. The Morgan fingerprint density at radius 2 is 1.79 bits per heavy atom. The maximum absolute atomic E-state index is 12.6. The van der Waals surface area contributed by atoms with Crippen LogP contribution in [0.3, 0.4) is 0 Å². The molecule has 0 atom stereocenters. The van der Waals surface area contributed by atoms with E-state index in [1.807, 2.05) is 30.3 Å². The van der Waals surface area contributed by atoms with Crippen molar-refractivity contribution < 1.29 is 27.2 Å². The van der Waals surface area contributed by atoms with Crippen molar-refractivity contribution in [3.8, 4) is 17.0 Å².